The van der Waals surface area contributed by atoms with Crippen LogP contribution in [0.25, 0.3) is 0 Å². The largest absolute Gasteiger partial charge is 0.322 e. The van der Waals surface area contributed by atoms with Crippen LogP contribution in [0.4, 0.5) is 10.5 Å². The Labute approximate surface area is 144 Å². The van der Waals surface area contributed by atoms with E-state index in [1.807, 2.05) is 36.1 Å². The predicted octanol–water partition coefficient (Wildman–Crippen LogP) is 3.65. The van der Waals surface area contributed by atoms with Crippen LogP contribution in [-0.4, -0.2) is 42.0 Å². The topological polar surface area (TPSA) is 35.6 Å². The van der Waals surface area contributed by atoms with Gasteiger partial charge < -0.3 is 10.2 Å². The summed E-state index contributed by atoms with van der Waals surface area (Å²) in [6, 6.07) is 16.6. The van der Waals surface area contributed by atoms with E-state index in [1.165, 1.54) is 11.1 Å². The van der Waals surface area contributed by atoms with Gasteiger partial charge in [0.05, 0.1) is 0 Å². The molecule has 2 amide bonds. The second kappa shape index (κ2) is 7.49. The van der Waals surface area contributed by atoms with Crippen LogP contribution in [0.15, 0.2) is 48.5 Å². The van der Waals surface area contributed by atoms with Crippen molar-refractivity contribution in [3.05, 3.63) is 65.2 Å². The third-order valence-electron chi connectivity index (χ3n) is 4.57. The number of hydrogen-bond donors (Lipinski definition) is 1. The molecule has 1 heterocycles. The summed E-state index contributed by atoms with van der Waals surface area (Å²) >= 11 is 0. The average molecular weight is 323 g/mol. The van der Waals surface area contributed by atoms with Gasteiger partial charge >= 0.3 is 6.03 Å². The highest BCUT2D eigenvalue weighted by Gasteiger charge is 2.21. The molecule has 0 bridgehead atoms. The van der Waals surface area contributed by atoms with E-state index >= 15 is 0 Å². The SMILES string of the molecule is Cc1ccc(CN2CCN(C(=O)Nc3ccccc3C)CC2)cc1. The van der Waals surface area contributed by atoms with E-state index in [2.05, 4.69) is 41.4 Å². The van der Waals surface area contributed by atoms with Crippen LogP contribution in [-0.2, 0) is 6.54 Å². The summed E-state index contributed by atoms with van der Waals surface area (Å²) in [6.07, 6.45) is 0. The molecule has 4 nitrogen and oxygen atoms in total. The molecule has 0 radical (unpaired) electrons. The Morgan fingerprint density at radius 3 is 2.29 bits per heavy atom. The molecular formula is C20H25N3O. The molecule has 0 aromatic heterocycles. The number of rotatable bonds is 3. The zero-order chi connectivity index (χ0) is 16.9. The lowest BCUT2D eigenvalue weighted by molar-refractivity contribution is 0.143. The van der Waals surface area contributed by atoms with Crippen molar-refractivity contribution in [2.75, 3.05) is 31.5 Å². The fourth-order valence-corrected chi connectivity index (χ4v) is 2.97. The molecule has 1 aliphatic rings. The van der Waals surface area contributed by atoms with Gasteiger partial charge in [-0.05, 0) is 31.0 Å². The van der Waals surface area contributed by atoms with Crippen LogP contribution in [0.1, 0.15) is 16.7 Å². The van der Waals surface area contributed by atoms with E-state index in [4.69, 9.17) is 0 Å². The Bertz CT molecular complexity index is 688. The van der Waals surface area contributed by atoms with E-state index in [0.717, 1.165) is 44.0 Å². The van der Waals surface area contributed by atoms with Gasteiger partial charge in [-0.15, -0.1) is 0 Å². The number of urea groups is 1. The van der Waals surface area contributed by atoms with E-state index < -0.39 is 0 Å². The monoisotopic (exact) mass is 323 g/mol. The van der Waals surface area contributed by atoms with E-state index in [1.54, 1.807) is 0 Å². The van der Waals surface area contributed by atoms with Gasteiger partial charge in [0.1, 0.15) is 0 Å². The number of amides is 2. The molecule has 0 spiro atoms. The number of aryl methyl sites for hydroxylation is 2. The Morgan fingerprint density at radius 2 is 1.62 bits per heavy atom. The molecule has 0 saturated carbocycles. The molecule has 0 aliphatic carbocycles. The summed E-state index contributed by atoms with van der Waals surface area (Å²) in [5.41, 5.74) is 4.60. The number of carbonyl (C=O) groups excluding carboxylic acids is 1. The van der Waals surface area contributed by atoms with Crippen LogP contribution >= 0.6 is 0 Å². The maximum atomic E-state index is 12.4. The van der Waals surface area contributed by atoms with Gasteiger partial charge in [-0.1, -0.05) is 48.0 Å². The fraction of sp³-hybridized carbons (Fsp3) is 0.350. The van der Waals surface area contributed by atoms with Crippen molar-refractivity contribution in [3.8, 4) is 0 Å². The Morgan fingerprint density at radius 1 is 0.958 bits per heavy atom. The lowest BCUT2D eigenvalue weighted by Crippen LogP contribution is -2.49. The number of anilines is 1. The standard InChI is InChI=1S/C20H25N3O/c1-16-7-9-18(10-8-16)15-22-11-13-23(14-12-22)20(24)21-19-6-4-3-5-17(19)2/h3-10H,11-15H2,1-2H3,(H,21,24). The molecule has 2 aromatic rings. The Hall–Kier alpha value is -2.33. The number of piperazine rings is 1. The summed E-state index contributed by atoms with van der Waals surface area (Å²) in [5.74, 6) is 0. The van der Waals surface area contributed by atoms with Crippen molar-refractivity contribution in [3.63, 3.8) is 0 Å². The Kier molecular flexibility index (Phi) is 5.16. The molecule has 4 heteroatoms. The smallest absolute Gasteiger partial charge is 0.321 e. The van der Waals surface area contributed by atoms with Crippen molar-refractivity contribution in [1.82, 2.24) is 9.80 Å². The average Bonchev–Trinajstić information content (AvgIpc) is 2.59. The van der Waals surface area contributed by atoms with Gasteiger partial charge in [0, 0.05) is 38.4 Å². The number of nitrogens with one attached hydrogen (secondary N) is 1. The molecular weight excluding hydrogens is 298 g/mol. The van der Waals surface area contributed by atoms with E-state index in [-0.39, 0.29) is 6.03 Å². The molecule has 0 atom stereocenters. The first-order chi connectivity index (χ1) is 11.6. The molecule has 1 aliphatic heterocycles. The summed E-state index contributed by atoms with van der Waals surface area (Å²) in [6.45, 7) is 8.43. The van der Waals surface area contributed by atoms with Gasteiger partial charge in [0.15, 0.2) is 0 Å². The normalized spacial score (nSPS) is 15.3. The third kappa shape index (κ3) is 4.15. The van der Waals surface area contributed by atoms with Gasteiger partial charge in [-0.3, -0.25) is 4.90 Å². The predicted molar refractivity (Wildman–Crippen MR) is 98.2 cm³/mol. The summed E-state index contributed by atoms with van der Waals surface area (Å²) in [5, 5.41) is 3.02. The van der Waals surface area contributed by atoms with Crippen LogP contribution in [0.5, 0.6) is 0 Å². The summed E-state index contributed by atoms with van der Waals surface area (Å²) in [4.78, 5) is 16.7. The molecule has 1 fully saturated rings. The van der Waals surface area contributed by atoms with Crippen LogP contribution < -0.4 is 5.32 Å². The first-order valence-electron chi connectivity index (χ1n) is 8.51. The lowest BCUT2D eigenvalue weighted by atomic mass is 10.1. The van der Waals surface area contributed by atoms with Gasteiger partial charge in [-0.2, -0.15) is 0 Å². The second-order valence-corrected chi connectivity index (χ2v) is 6.49. The summed E-state index contributed by atoms with van der Waals surface area (Å²) in [7, 11) is 0. The van der Waals surface area contributed by atoms with Crippen molar-refractivity contribution in [2.45, 2.75) is 20.4 Å². The molecule has 2 aromatic carbocycles. The summed E-state index contributed by atoms with van der Waals surface area (Å²) < 4.78 is 0. The van der Waals surface area contributed by atoms with Crippen LogP contribution in [0.2, 0.25) is 0 Å². The van der Waals surface area contributed by atoms with Gasteiger partial charge in [0.2, 0.25) is 0 Å². The van der Waals surface area contributed by atoms with Gasteiger partial charge in [0.25, 0.3) is 0 Å². The number of nitrogens with zero attached hydrogens (tertiary/aromatic N) is 2. The van der Waals surface area contributed by atoms with E-state index in [0.29, 0.717) is 0 Å². The zero-order valence-corrected chi connectivity index (χ0v) is 14.5. The Balaban J connectivity index is 1.50. The maximum absolute atomic E-state index is 12.4. The van der Waals surface area contributed by atoms with Crippen molar-refractivity contribution >= 4 is 11.7 Å². The highest BCUT2D eigenvalue weighted by Crippen LogP contribution is 2.15. The first kappa shape index (κ1) is 16.5. The molecule has 24 heavy (non-hydrogen) atoms. The molecule has 3 rings (SSSR count). The zero-order valence-electron chi connectivity index (χ0n) is 14.5. The second-order valence-electron chi connectivity index (χ2n) is 6.49. The first-order valence-corrected chi connectivity index (χ1v) is 8.51. The molecule has 126 valence electrons. The van der Waals surface area contributed by atoms with Crippen molar-refractivity contribution in [2.24, 2.45) is 0 Å². The lowest BCUT2D eigenvalue weighted by Gasteiger charge is -2.34. The molecule has 1 N–H and O–H groups in total. The van der Waals surface area contributed by atoms with Crippen molar-refractivity contribution in [1.29, 1.82) is 0 Å². The maximum Gasteiger partial charge on any atom is 0.321 e. The number of benzene rings is 2. The van der Waals surface area contributed by atoms with Crippen LogP contribution in [0.3, 0.4) is 0 Å². The number of hydrogen-bond acceptors (Lipinski definition) is 2. The van der Waals surface area contributed by atoms with Crippen LogP contribution in [0, 0.1) is 13.8 Å². The van der Waals surface area contributed by atoms with Crippen molar-refractivity contribution < 1.29 is 4.79 Å². The third-order valence-corrected chi connectivity index (χ3v) is 4.57. The minimum atomic E-state index is -0.000661. The molecule has 0 unspecified atom stereocenters. The highest BCUT2D eigenvalue weighted by atomic mass is 16.2. The van der Waals surface area contributed by atoms with E-state index in [9.17, 15) is 4.79 Å². The number of para-hydroxylation sites is 1. The number of carbonyl (C=O) groups is 1. The fourth-order valence-electron chi connectivity index (χ4n) is 2.97. The highest BCUT2D eigenvalue weighted by molar-refractivity contribution is 5.90. The molecule has 1 saturated heterocycles. The minimum Gasteiger partial charge on any atom is -0.322 e. The minimum absolute atomic E-state index is 0.000661. The quantitative estimate of drug-likeness (QED) is 0.936. The van der Waals surface area contributed by atoms with Gasteiger partial charge in [-0.25, -0.2) is 4.79 Å².